The molecule has 0 aliphatic heterocycles. The van der Waals surface area contributed by atoms with Crippen LogP contribution in [0.1, 0.15) is 37.0 Å². The summed E-state index contributed by atoms with van der Waals surface area (Å²) in [7, 11) is 0. The first kappa shape index (κ1) is 20.5. The van der Waals surface area contributed by atoms with Crippen LogP contribution in [0.5, 0.6) is 5.75 Å². The maximum absolute atomic E-state index is 10.5. The number of rotatable bonds is 10. The predicted octanol–water partition coefficient (Wildman–Crippen LogP) is 4.59. The Bertz CT molecular complexity index is 669. The van der Waals surface area contributed by atoms with Crippen LogP contribution in [0.4, 0.5) is 0 Å². The van der Waals surface area contributed by atoms with Crippen molar-refractivity contribution in [3.63, 3.8) is 0 Å². The second-order valence-electron chi connectivity index (χ2n) is 7.64. The number of nitrogens with zero attached hydrogens (tertiary/aromatic N) is 1. The minimum Gasteiger partial charge on any atom is -0.491 e. The Kier molecular flexibility index (Phi) is 8.14. The Morgan fingerprint density at radius 2 is 1.81 bits per heavy atom. The van der Waals surface area contributed by atoms with Gasteiger partial charge in [-0.1, -0.05) is 61.9 Å². The number of benzene rings is 2. The number of hydrogen-bond acceptors (Lipinski definition) is 3. The molecule has 3 heteroatoms. The summed E-state index contributed by atoms with van der Waals surface area (Å²) >= 11 is 0. The Labute approximate surface area is 158 Å². The minimum atomic E-state index is -0.508. The molecule has 2 aromatic carbocycles. The first-order chi connectivity index (χ1) is 12.4. The van der Waals surface area contributed by atoms with Crippen LogP contribution in [0, 0.1) is 19.8 Å². The third-order valence-electron chi connectivity index (χ3n) is 4.51. The molecule has 0 unspecified atom stereocenters. The molecule has 2 aromatic rings. The van der Waals surface area contributed by atoms with Crippen molar-refractivity contribution in [3.8, 4) is 5.75 Å². The van der Waals surface area contributed by atoms with Gasteiger partial charge in [0, 0.05) is 13.1 Å². The molecule has 142 valence electrons. The van der Waals surface area contributed by atoms with Crippen molar-refractivity contribution in [1.29, 1.82) is 0 Å². The number of hydrogen-bond donors (Lipinski definition) is 1. The quantitative estimate of drug-likeness (QED) is 0.676. The molecule has 26 heavy (non-hydrogen) atoms. The van der Waals surface area contributed by atoms with Gasteiger partial charge in [-0.25, -0.2) is 0 Å². The Morgan fingerprint density at radius 3 is 2.50 bits per heavy atom. The van der Waals surface area contributed by atoms with E-state index in [9.17, 15) is 5.11 Å². The second kappa shape index (κ2) is 10.3. The van der Waals surface area contributed by atoms with E-state index in [1.54, 1.807) is 0 Å². The van der Waals surface area contributed by atoms with Gasteiger partial charge in [0.15, 0.2) is 0 Å². The molecule has 1 N–H and O–H groups in total. The van der Waals surface area contributed by atoms with Crippen LogP contribution in [0.2, 0.25) is 0 Å². The Morgan fingerprint density at radius 1 is 1.04 bits per heavy atom. The molecule has 0 fully saturated rings. The topological polar surface area (TPSA) is 32.7 Å². The monoisotopic (exact) mass is 355 g/mol. The molecule has 0 saturated heterocycles. The molecule has 2 rings (SSSR count). The Balaban J connectivity index is 1.92. The van der Waals surface area contributed by atoms with Gasteiger partial charge in [-0.3, -0.25) is 4.90 Å². The lowest BCUT2D eigenvalue weighted by Crippen LogP contribution is -2.36. The van der Waals surface area contributed by atoms with Gasteiger partial charge in [-0.2, -0.15) is 0 Å². The lowest BCUT2D eigenvalue weighted by atomic mass is 10.1. The van der Waals surface area contributed by atoms with Crippen molar-refractivity contribution in [1.82, 2.24) is 4.90 Å². The predicted molar refractivity (Wildman–Crippen MR) is 109 cm³/mol. The SMILES string of the molecule is Cc1cccc(CN(CCC(C)C)C[C@H](O)COc2ccccc2C)c1. The number of para-hydroxylation sites is 1. The van der Waals surface area contributed by atoms with Crippen LogP contribution in [-0.2, 0) is 6.54 Å². The smallest absolute Gasteiger partial charge is 0.122 e. The van der Waals surface area contributed by atoms with Gasteiger partial charge < -0.3 is 9.84 Å². The van der Waals surface area contributed by atoms with Crippen LogP contribution in [0.15, 0.2) is 48.5 Å². The molecule has 0 spiro atoms. The highest BCUT2D eigenvalue weighted by Crippen LogP contribution is 2.17. The minimum absolute atomic E-state index is 0.316. The zero-order chi connectivity index (χ0) is 18.9. The fourth-order valence-corrected chi connectivity index (χ4v) is 3.00. The summed E-state index contributed by atoms with van der Waals surface area (Å²) < 4.78 is 5.82. The van der Waals surface area contributed by atoms with Crippen molar-refractivity contribution in [2.45, 2.75) is 46.8 Å². The molecule has 0 heterocycles. The van der Waals surface area contributed by atoms with Crippen LogP contribution >= 0.6 is 0 Å². The lowest BCUT2D eigenvalue weighted by Gasteiger charge is -2.26. The van der Waals surface area contributed by atoms with E-state index in [-0.39, 0.29) is 0 Å². The van der Waals surface area contributed by atoms with Gasteiger partial charge >= 0.3 is 0 Å². The van der Waals surface area contributed by atoms with Crippen LogP contribution in [0.3, 0.4) is 0 Å². The van der Waals surface area contributed by atoms with Crippen molar-refractivity contribution < 1.29 is 9.84 Å². The normalized spacial score (nSPS) is 12.6. The number of ether oxygens (including phenoxy) is 1. The van der Waals surface area contributed by atoms with Crippen LogP contribution in [-0.4, -0.2) is 35.8 Å². The summed E-state index contributed by atoms with van der Waals surface area (Å²) in [6, 6.07) is 16.5. The van der Waals surface area contributed by atoms with Crippen molar-refractivity contribution in [3.05, 3.63) is 65.2 Å². The molecular formula is C23H33NO2. The molecule has 3 nitrogen and oxygen atoms in total. The maximum Gasteiger partial charge on any atom is 0.122 e. The van der Waals surface area contributed by atoms with E-state index in [2.05, 4.69) is 49.9 Å². The molecular weight excluding hydrogens is 322 g/mol. The van der Waals surface area contributed by atoms with E-state index in [1.165, 1.54) is 11.1 Å². The van der Waals surface area contributed by atoms with E-state index < -0.39 is 6.10 Å². The fourth-order valence-electron chi connectivity index (χ4n) is 3.00. The van der Waals surface area contributed by atoms with Gasteiger partial charge in [0.2, 0.25) is 0 Å². The Hall–Kier alpha value is -1.84. The number of aliphatic hydroxyl groups excluding tert-OH is 1. The summed E-state index contributed by atoms with van der Waals surface area (Å²) in [5.74, 6) is 1.49. The van der Waals surface area contributed by atoms with Crippen molar-refractivity contribution in [2.75, 3.05) is 19.7 Å². The summed E-state index contributed by atoms with van der Waals surface area (Å²) in [6.07, 6.45) is 0.614. The fraction of sp³-hybridized carbons (Fsp3) is 0.478. The van der Waals surface area contributed by atoms with Crippen molar-refractivity contribution in [2.24, 2.45) is 5.92 Å². The van der Waals surface area contributed by atoms with Gasteiger partial charge in [-0.05, 0) is 49.9 Å². The standard InChI is InChI=1S/C23H33NO2/c1-18(2)12-13-24(15-21-10-7-8-19(3)14-21)16-22(25)17-26-23-11-6-5-9-20(23)4/h5-11,14,18,22,25H,12-13,15-17H2,1-4H3/t22-/m0/s1. The van der Waals surface area contributed by atoms with E-state index in [4.69, 9.17) is 4.74 Å². The number of aryl methyl sites for hydroxylation is 2. The van der Waals surface area contributed by atoms with Crippen molar-refractivity contribution >= 4 is 0 Å². The average Bonchev–Trinajstić information content (AvgIpc) is 2.59. The van der Waals surface area contributed by atoms with Gasteiger partial charge in [0.25, 0.3) is 0 Å². The molecule has 0 amide bonds. The third kappa shape index (κ3) is 7.19. The highest BCUT2D eigenvalue weighted by molar-refractivity contribution is 5.31. The first-order valence-corrected chi connectivity index (χ1v) is 9.58. The summed E-state index contributed by atoms with van der Waals surface area (Å²) in [5.41, 5.74) is 3.66. The highest BCUT2D eigenvalue weighted by atomic mass is 16.5. The molecule has 0 aromatic heterocycles. The van der Waals surface area contributed by atoms with E-state index in [0.29, 0.717) is 19.1 Å². The summed E-state index contributed by atoms with van der Waals surface area (Å²) in [6.45, 7) is 11.4. The summed E-state index contributed by atoms with van der Waals surface area (Å²) in [5, 5.41) is 10.5. The zero-order valence-electron chi connectivity index (χ0n) is 16.6. The molecule has 0 saturated carbocycles. The lowest BCUT2D eigenvalue weighted by molar-refractivity contribution is 0.0637. The molecule has 0 aliphatic carbocycles. The summed E-state index contributed by atoms with van der Waals surface area (Å²) in [4.78, 5) is 2.33. The highest BCUT2D eigenvalue weighted by Gasteiger charge is 2.14. The third-order valence-corrected chi connectivity index (χ3v) is 4.51. The van der Waals surface area contributed by atoms with E-state index in [0.717, 1.165) is 30.8 Å². The van der Waals surface area contributed by atoms with Gasteiger partial charge in [-0.15, -0.1) is 0 Å². The largest absolute Gasteiger partial charge is 0.491 e. The first-order valence-electron chi connectivity index (χ1n) is 9.58. The average molecular weight is 356 g/mol. The van der Waals surface area contributed by atoms with Crippen LogP contribution < -0.4 is 4.74 Å². The second-order valence-corrected chi connectivity index (χ2v) is 7.64. The van der Waals surface area contributed by atoms with Gasteiger partial charge in [0.05, 0.1) is 0 Å². The zero-order valence-corrected chi connectivity index (χ0v) is 16.6. The van der Waals surface area contributed by atoms with E-state index in [1.807, 2.05) is 31.2 Å². The van der Waals surface area contributed by atoms with Gasteiger partial charge in [0.1, 0.15) is 18.5 Å². The molecule has 0 aliphatic rings. The molecule has 0 bridgehead atoms. The molecule has 0 radical (unpaired) electrons. The molecule has 1 atom stereocenters. The van der Waals surface area contributed by atoms with Crippen LogP contribution in [0.25, 0.3) is 0 Å². The van der Waals surface area contributed by atoms with E-state index >= 15 is 0 Å². The number of aliphatic hydroxyl groups is 1. The maximum atomic E-state index is 10.5.